The van der Waals surface area contributed by atoms with Gasteiger partial charge in [-0.15, -0.1) is 0 Å². The summed E-state index contributed by atoms with van der Waals surface area (Å²) in [6, 6.07) is 3.43. The van der Waals surface area contributed by atoms with Gasteiger partial charge in [0.05, 0.1) is 5.56 Å². The zero-order valence-corrected chi connectivity index (χ0v) is 17.9. The molecule has 1 saturated heterocycles. The first-order chi connectivity index (χ1) is 15.7. The molecule has 2 aliphatic rings. The Kier molecular flexibility index (Phi) is 6.44. The average molecular weight is 461 g/mol. The third-order valence-corrected chi connectivity index (χ3v) is 5.89. The highest BCUT2D eigenvalue weighted by molar-refractivity contribution is 6.09. The lowest BCUT2D eigenvalue weighted by atomic mass is 9.91. The summed E-state index contributed by atoms with van der Waals surface area (Å²) >= 11 is 0. The van der Waals surface area contributed by atoms with Gasteiger partial charge >= 0.3 is 6.18 Å². The number of aromatic nitrogens is 3. The number of carbonyl (C=O) groups excluding carboxylic acids is 1. The molecule has 2 aromatic heterocycles. The van der Waals surface area contributed by atoms with Crippen LogP contribution in [0.25, 0.3) is 5.57 Å². The zero-order valence-electron chi connectivity index (χ0n) is 17.9. The quantitative estimate of drug-likeness (QED) is 0.682. The predicted molar refractivity (Wildman–Crippen MR) is 115 cm³/mol. The van der Waals surface area contributed by atoms with Gasteiger partial charge in [-0.2, -0.15) is 13.2 Å². The Labute approximate surface area is 188 Å². The van der Waals surface area contributed by atoms with Gasteiger partial charge in [-0.1, -0.05) is 6.08 Å². The summed E-state index contributed by atoms with van der Waals surface area (Å²) < 4.78 is 52.5. The number of pyridine rings is 1. The lowest BCUT2D eigenvalue weighted by molar-refractivity contribution is -0.137. The molecule has 0 radical (unpaired) electrons. The molecular formula is C23H23F4N5O. The molecule has 1 amide bonds. The number of halogens is 4. The average Bonchev–Trinajstić information content (AvgIpc) is 2.80. The maximum atomic E-state index is 14.1. The number of amides is 1. The molecule has 6 nitrogen and oxygen atoms in total. The first-order valence-electron chi connectivity index (χ1n) is 10.7. The van der Waals surface area contributed by atoms with E-state index in [1.54, 1.807) is 17.0 Å². The van der Waals surface area contributed by atoms with Gasteiger partial charge in [0.2, 0.25) is 0 Å². The molecule has 33 heavy (non-hydrogen) atoms. The summed E-state index contributed by atoms with van der Waals surface area (Å²) in [7, 11) is 0. The second kappa shape index (κ2) is 9.29. The van der Waals surface area contributed by atoms with E-state index in [9.17, 15) is 22.4 Å². The Morgan fingerprint density at radius 1 is 1.18 bits per heavy atom. The van der Waals surface area contributed by atoms with E-state index in [-0.39, 0.29) is 30.2 Å². The standard InChI is InChI=1S/C23H23F4N5O/c1-14-19(31-20-8-5-15(13-30-20)23(25,26)27)4-2-11-32(14)22(33)17-7-6-16(24)12-18(17)21-28-9-3-10-29-21/h3,5,7-10,12-14,16,19H,2,4,6,11H2,1H3,(H,30,31)/t14-,16?,19+/m0/s1. The second-order valence-corrected chi connectivity index (χ2v) is 8.08. The minimum atomic E-state index is -4.45. The van der Waals surface area contributed by atoms with E-state index in [2.05, 4.69) is 20.3 Å². The van der Waals surface area contributed by atoms with Gasteiger partial charge < -0.3 is 10.2 Å². The van der Waals surface area contributed by atoms with Crippen LogP contribution in [-0.2, 0) is 11.0 Å². The summed E-state index contributed by atoms with van der Waals surface area (Å²) in [5, 5.41) is 3.16. The van der Waals surface area contributed by atoms with Crippen molar-refractivity contribution < 1.29 is 22.4 Å². The lowest BCUT2D eigenvalue weighted by Gasteiger charge is -2.40. The minimum Gasteiger partial charge on any atom is -0.365 e. The number of nitrogens with one attached hydrogen (secondary N) is 1. The predicted octanol–water partition coefficient (Wildman–Crippen LogP) is 4.43. The van der Waals surface area contributed by atoms with Crippen molar-refractivity contribution in [3.05, 3.63) is 65.9 Å². The van der Waals surface area contributed by atoms with Crippen molar-refractivity contribution in [1.82, 2.24) is 19.9 Å². The highest BCUT2D eigenvalue weighted by atomic mass is 19.4. The molecule has 1 aliphatic heterocycles. The summed E-state index contributed by atoms with van der Waals surface area (Å²) in [6.45, 7) is 2.39. The van der Waals surface area contributed by atoms with Crippen LogP contribution in [0, 0.1) is 0 Å². The van der Waals surface area contributed by atoms with Gasteiger partial charge in [0, 0.05) is 54.8 Å². The van der Waals surface area contributed by atoms with Gasteiger partial charge in [0.15, 0.2) is 5.82 Å². The smallest absolute Gasteiger partial charge is 0.365 e. The Morgan fingerprint density at radius 3 is 2.61 bits per heavy atom. The minimum absolute atomic E-state index is 0.0940. The van der Waals surface area contributed by atoms with Gasteiger partial charge in [0.1, 0.15) is 12.0 Å². The van der Waals surface area contributed by atoms with Crippen molar-refractivity contribution in [2.45, 2.75) is 50.6 Å². The number of alkyl halides is 4. The molecule has 2 aromatic rings. The van der Waals surface area contributed by atoms with Crippen LogP contribution in [0.5, 0.6) is 0 Å². The van der Waals surface area contributed by atoms with Crippen molar-refractivity contribution in [2.75, 3.05) is 11.9 Å². The van der Waals surface area contributed by atoms with Crippen LogP contribution in [0.2, 0.25) is 0 Å². The van der Waals surface area contributed by atoms with E-state index in [0.29, 0.717) is 29.9 Å². The molecule has 4 rings (SSSR count). The van der Waals surface area contributed by atoms with Crippen molar-refractivity contribution in [3.8, 4) is 0 Å². The Bertz CT molecular complexity index is 1050. The summed E-state index contributed by atoms with van der Waals surface area (Å²) in [5.41, 5.74) is -0.0966. The molecule has 3 heterocycles. The number of rotatable bonds is 4. The maximum Gasteiger partial charge on any atom is 0.417 e. The first-order valence-corrected chi connectivity index (χ1v) is 10.7. The van der Waals surface area contributed by atoms with E-state index in [1.165, 1.54) is 24.5 Å². The summed E-state index contributed by atoms with van der Waals surface area (Å²) in [5.74, 6) is 0.345. The van der Waals surface area contributed by atoms with Gasteiger partial charge in [-0.3, -0.25) is 4.79 Å². The van der Waals surface area contributed by atoms with E-state index < -0.39 is 17.9 Å². The number of anilines is 1. The molecule has 3 atom stereocenters. The van der Waals surface area contributed by atoms with Crippen LogP contribution < -0.4 is 5.32 Å². The fraction of sp³-hybridized carbons (Fsp3) is 0.391. The van der Waals surface area contributed by atoms with Crippen molar-refractivity contribution in [3.63, 3.8) is 0 Å². The number of nitrogens with zero attached hydrogens (tertiary/aromatic N) is 4. The second-order valence-electron chi connectivity index (χ2n) is 8.08. The van der Waals surface area contributed by atoms with Gasteiger partial charge in [-0.25, -0.2) is 19.3 Å². The molecule has 10 heteroatoms. The van der Waals surface area contributed by atoms with Crippen LogP contribution in [0.15, 0.2) is 54.5 Å². The molecule has 1 fully saturated rings. The molecular weight excluding hydrogens is 438 g/mol. The van der Waals surface area contributed by atoms with E-state index in [4.69, 9.17) is 0 Å². The van der Waals surface area contributed by atoms with Crippen LogP contribution in [0.3, 0.4) is 0 Å². The lowest BCUT2D eigenvalue weighted by Crippen LogP contribution is -2.52. The largest absolute Gasteiger partial charge is 0.417 e. The molecule has 0 saturated carbocycles. The first kappa shape index (κ1) is 22.9. The van der Waals surface area contributed by atoms with Crippen molar-refractivity contribution in [2.24, 2.45) is 0 Å². The van der Waals surface area contributed by atoms with E-state index in [1.807, 2.05) is 6.92 Å². The number of piperidine rings is 1. The third kappa shape index (κ3) is 5.04. The Hall–Kier alpha value is -3.30. The van der Waals surface area contributed by atoms with Crippen molar-refractivity contribution >= 4 is 17.3 Å². The highest BCUT2D eigenvalue weighted by Crippen LogP contribution is 2.32. The topological polar surface area (TPSA) is 71.0 Å². The number of allylic oxidation sites excluding steroid dienone is 2. The summed E-state index contributed by atoms with van der Waals surface area (Å²) in [4.78, 5) is 27.4. The van der Waals surface area contributed by atoms with E-state index >= 15 is 0 Å². The highest BCUT2D eigenvalue weighted by Gasteiger charge is 2.35. The SMILES string of the molecule is C[C@H]1[C@H](Nc2ccc(C(F)(F)F)cn2)CCCN1C(=O)C1=CCC(F)C=C1c1ncccn1. The fourth-order valence-electron chi connectivity index (χ4n) is 4.13. The monoisotopic (exact) mass is 461 g/mol. The van der Waals surface area contributed by atoms with Crippen LogP contribution in [-0.4, -0.2) is 50.6 Å². The van der Waals surface area contributed by atoms with Crippen LogP contribution in [0.4, 0.5) is 23.4 Å². The van der Waals surface area contributed by atoms with Gasteiger partial charge in [-0.05, 0) is 44.0 Å². The zero-order chi connectivity index (χ0) is 23.6. The molecule has 1 N–H and O–H groups in total. The normalized spacial score (nSPS) is 23.5. The molecule has 0 spiro atoms. The Balaban J connectivity index is 1.51. The number of hydrogen-bond donors (Lipinski definition) is 1. The van der Waals surface area contributed by atoms with E-state index in [0.717, 1.165) is 18.7 Å². The molecule has 0 bridgehead atoms. The number of hydrogen-bond acceptors (Lipinski definition) is 5. The third-order valence-electron chi connectivity index (χ3n) is 5.89. The number of likely N-dealkylation sites (tertiary alicyclic amines) is 1. The van der Waals surface area contributed by atoms with Gasteiger partial charge in [0.25, 0.3) is 5.91 Å². The van der Waals surface area contributed by atoms with Crippen molar-refractivity contribution in [1.29, 1.82) is 0 Å². The van der Waals surface area contributed by atoms with Crippen LogP contribution >= 0.6 is 0 Å². The molecule has 0 aromatic carbocycles. The Morgan fingerprint density at radius 2 is 1.94 bits per heavy atom. The maximum absolute atomic E-state index is 14.1. The number of carbonyl (C=O) groups is 1. The summed E-state index contributed by atoms with van der Waals surface area (Å²) in [6.07, 6.45) is 2.66. The molecule has 1 unspecified atom stereocenters. The fourth-order valence-corrected chi connectivity index (χ4v) is 4.13. The van der Waals surface area contributed by atoms with Crippen LogP contribution in [0.1, 0.15) is 37.6 Å². The molecule has 174 valence electrons. The molecule has 1 aliphatic carbocycles.